The Morgan fingerprint density at radius 3 is 2.69 bits per heavy atom. The van der Waals surface area contributed by atoms with Gasteiger partial charge >= 0.3 is 6.09 Å². The summed E-state index contributed by atoms with van der Waals surface area (Å²) in [4.78, 5) is 17.7. The summed E-state index contributed by atoms with van der Waals surface area (Å²) in [6, 6.07) is 1.86. The van der Waals surface area contributed by atoms with Gasteiger partial charge < -0.3 is 10.5 Å². The topological polar surface area (TPSA) is 102 Å². The molecule has 1 heterocycles. The molecule has 1 aromatic heterocycles. The second-order valence-corrected chi connectivity index (χ2v) is 2.11. The number of amides is 1. The lowest BCUT2D eigenvalue weighted by Crippen LogP contribution is -2.13. The molecule has 0 spiro atoms. The third kappa shape index (κ3) is 2.75. The van der Waals surface area contributed by atoms with E-state index in [1.165, 1.54) is 12.4 Å². The fraction of sp³-hybridized carbons (Fsp3) is 0.143. The second kappa shape index (κ2) is 4.01. The van der Waals surface area contributed by atoms with Gasteiger partial charge in [0.05, 0.1) is 5.56 Å². The van der Waals surface area contributed by atoms with Crippen LogP contribution in [-0.2, 0) is 11.3 Å². The van der Waals surface area contributed by atoms with Crippen LogP contribution in [0.4, 0.5) is 4.79 Å². The van der Waals surface area contributed by atoms with Crippen LogP contribution in [0.25, 0.3) is 0 Å². The van der Waals surface area contributed by atoms with Crippen molar-refractivity contribution in [3.63, 3.8) is 0 Å². The summed E-state index contributed by atoms with van der Waals surface area (Å²) >= 11 is 0. The van der Waals surface area contributed by atoms with Crippen molar-refractivity contribution in [1.29, 1.82) is 5.26 Å². The number of nitrogens with two attached hydrogens (primary N) is 1. The Kier molecular flexibility index (Phi) is 2.76. The van der Waals surface area contributed by atoms with Crippen LogP contribution >= 0.6 is 0 Å². The third-order valence-electron chi connectivity index (χ3n) is 1.18. The maximum atomic E-state index is 10.2. The Bertz CT molecular complexity index is 341. The summed E-state index contributed by atoms with van der Waals surface area (Å²) < 4.78 is 4.43. The summed E-state index contributed by atoms with van der Waals surface area (Å²) in [7, 11) is 0. The lowest BCUT2D eigenvalue weighted by molar-refractivity contribution is 0.147. The molecule has 0 aliphatic rings. The normalized spacial score (nSPS) is 8.85. The zero-order chi connectivity index (χ0) is 9.68. The smallest absolute Gasteiger partial charge is 0.404 e. The van der Waals surface area contributed by atoms with E-state index in [2.05, 4.69) is 14.7 Å². The van der Waals surface area contributed by atoms with Crippen molar-refractivity contribution in [3.05, 3.63) is 23.8 Å². The highest BCUT2D eigenvalue weighted by Crippen LogP contribution is 1.95. The van der Waals surface area contributed by atoms with E-state index in [0.29, 0.717) is 11.4 Å². The fourth-order valence-electron chi connectivity index (χ4n) is 0.623. The summed E-state index contributed by atoms with van der Waals surface area (Å²) in [5.41, 5.74) is 5.08. The first-order valence-corrected chi connectivity index (χ1v) is 3.35. The molecule has 0 aromatic carbocycles. The minimum Gasteiger partial charge on any atom is -0.441 e. The van der Waals surface area contributed by atoms with Gasteiger partial charge in [0.25, 0.3) is 0 Å². The number of rotatable bonds is 2. The van der Waals surface area contributed by atoms with Crippen LogP contribution in [-0.4, -0.2) is 16.1 Å². The van der Waals surface area contributed by atoms with E-state index in [4.69, 9.17) is 11.0 Å². The first kappa shape index (κ1) is 8.93. The molecule has 0 saturated heterocycles. The van der Waals surface area contributed by atoms with Crippen molar-refractivity contribution >= 4 is 6.09 Å². The minimum atomic E-state index is -0.882. The predicted octanol–water partition coefficient (Wildman–Crippen LogP) is -0.0564. The molecule has 0 aliphatic carbocycles. The van der Waals surface area contributed by atoms with Crippen molar-refractivity contribution in [3.8, 4) is 6.07 Å². The highest BCUT2D eigenvalue weighted by Gasteiger charge is 1.99. The predicted molar refractivity (Wildman–Crippen MR) is 41.1 cm³/mol. The summed E-state index contributed by atoms with van der Waals surface area (Å²) in [6.45, 7) is -0.0823. The number of hydrogen-bond acceptors (Lipinski definition) is 5. The van der Waals surface area contributed by atoms with Crippen LogP contribution in [0, 0.1) is 11.3 Å². The molecule has 6 heteroatoms. The number of nitriles is 1. The van der Waals surface area contributed by atoms with Gasteiger partial charge in [0.1, 0.15) is 6.07 Å². The molecule has 0 atom stereocenters. The highest BCUT2D eigenvalue weighted by molar-refractivity contribution is 5.64. The van der Waals surface area contributed by atoms with Crippen molar-refractivity contribution in [1.82, 2.24) is 9.97 Å². The Hall–Kier alpha value is -2.16. The summed E-state index contributed by atoms with van der Waals surface area (Å²) in [5, 5.41) is 8.41. The van der Waals surface area contributed by atoms with Gasteiger partial charge in [0.15, 0.2) is 12.4 Å². The number of nitrogens with zero attached hydrogens (tertiary/aromatic N) is 3. The van der Waals surface area contributed by atoms with E-state index in [0.717, 1.165) is 0 Å². The quantitative estimate of drug-likeness (QED) is 0.683. The van der Waals surface area contributed by atoms with E-state index in [-0.39, 0.29) is 6.61 Å². The second-order valence-electron chi connectivity index (χ2n) is 2.11. The molecule has 2 N–H and O–H groups in total. The van der Waals surface area contributed by atoms with Crippen molar-refractivity contribution < 1.29 is 9.53 Å². The Labute approximate surface area is 74.0 Å². The maximum absolute atomic E-state index is 10.2. The number of carbonyl (C=O) groups excluding carboxylic acids is 1. The molecule has 1 rings (SSSR count). The zero-order valence-electron chi connectivity index (χ0n) is 6.60. The fourth-order valence-corrected chi connectivity index (χ4v) is 0.623. The Morgan fingerprint density at radius 2 is 2.23 bits per heavy atom. The summed E-state index contributed by atoms with van der Waals surface area (Å²) in [6.07, 6.45) is 1.80. The molecule has 1 amide bonds. The van der Waals surface area contributed by atoms with Gasteiger partial charge in [-0.15, -0.1) is 0 Å². The van der Waals surface area contributed by atoms with Crippen LogP contribution in [0.5, 0.6) is 0 Å². The monoisotopic (exact) mass is 178 g/mol. The first-order chi connectivity index (χ1) is 6.22. The lowest BCUT2D eigenvalue weighted by Gasteiger charge is -1.98. The Morgan fingerprint density at radius 1 is 1.62 bits per heavy atom. The van der Waals surface area contributed by atoms with Crippen molar-refractivity contribution in [2.45, 2.75) is 6.61 Å². The van der Waals surface area contributed by atoms with E-state index in [9.17, 15) is 4.79 Å². The minimum absolute atomic E-state index is 0.0823. The molecule has 0 aliphatic heterocycles. The van der Waals surface area contributed by atoms with Crippen LogP contribution < -0.4 is 5.73 Å². The average molecular weight is 178 g/mol. The number of carbonyl (C=O) groups is 1. The summed E-state index contributed by atoms with van der Waals surface area (Å²) in [5.74, 6) is 0.304. The number of primary amides is 1. The molecule has 6 nitrogen and oxygen atoms in total. The number of hydrogen-bond donors (Lipinski definition) is 1. The van der Waals surface area contributed by atoms with E-state index < -0.39 is 6.09 Å². The van der Waals surface area contributed by atoms with Gasteiger partial charge in [0.2, 0.25) is 0 Å². The molecule has 0 unspecified atom stereocenters. The van der Waals surface area contributed by atoms with E-state index in [1.807, 2.05) is 6.07 Å². The Balaban J connectivity index is 2.60. The van der Waals surface area contributed by atoms with Gasteiger partial charge in [-0.05, 0) is 0 Å². The van der Waals surface area contributed by atoms with Crippen LogP contribution in [0.3, 0.4) is 0 Å². The zero-order valence-corrected chi connectivity index (χ0v) is 6.60. The highest BCUT2D eigenvalue weighted by atomic mass is 16.5. The maximum Gasteiger partial charge on any atom is 0.404 e. The average Bonchev–Trinajstić information content (AvgIpc) is 2.15. The molecule has 1 aromatic rings. The molecular formula is C7H6N4O2. The molecule has 66 valence electrons. The van der Waals surface area contributed by atoms with Crippen LogP contribution in [0.15, 0.2) is 12.4 Å². The molecule has 0 saturated carbocycles. The van der Waals surface area contributed by atoms with Gasteiger partial charge in [-0.25, -0.2) is 14.8 Å². The van der Waals surface area contributed by atoms with Gasteiger partial charge in [0, 0.05) is 12.4 Å². The SMILES string of the molecule is N#Cc1cnc(COC(N)=O)nc1. The first-order valence-electron chi connectivity index (χ1n) is 3.35. The molecule has 0 radical (unpaired) electrons. The number of aromatic nitrogens is 2. The van der Waals surface area contributed by atoms with E-state index in [1.54, 1.807) is 0 Å². The molecule has 0 fully saturated rings. The van der Waals surface area contributed by atoms with Gasteiger partial charge in [-0.3, -0.25) is 0 Å². The molecule has 13 heavy (non-hydrogen) atoms. The standard InChI is InChI=1S/C7H6N4O2/c8-1-5-2-10-6(11-3-5)4-13-7(9)12/h2-3H,4H2,(H2,9,12). The number of ether oxygens (including phenoxy) is 1. The van der Waals surface area contributed by atoms with Gasteiger partial charge in [-0.1, -0.05) is 0 Å². The molecule has 0 bridgehead atoms. The lowest BCUT2D eigenvalue weighted by atomic mass is 10.4. The molecular weight excluding hydrogens is 172 g/mol. The largest absolute Gasteiger partial charge is 0.441 e. The van der Waals surface area contributed by atoms with Gasteiger partial charge in [-0.2, -0.15) is 5.26 Å². The third-order valence-corrected chi connectivity index (χ3v) is 1.18. The van der Waals surface area contributed by atoms with Crippen molar-refractivity contribution in [2.75, 3.05) is 0 Å². The van der Waals surface area contributed by atoms with E-state index >= 15 is 0 Å². The van der Waals surface area contributed by atoms with Crippen LogP contribution in [0.1, 0.15) is 11.4 Å². The van der Waals surface area contributed by atoms with Crippen LogP contribution in [0.2, 0.25) is 0 Å². The van der Waals surface area contributed by atoms with Crippen molar-refractivity contribution in [2.24, 2.45) is 5.73 Å².